The lowest BCUT2D eigenvalue weighted by atomic mass is 10.3. The standard InChI is InChI=1S/C14H21NO4S2/c1-18-8-7-15(6-5-14(17)19-2)13(16)11-20-10-12-4-3-9-21-12/h3-4,9H,5-8,10-11H2,1-2H3. The van der Waals surface area contributed by atoms with Gasteiger partial charge in [-0.15, -0.1) is 23.1 Å². The second-order valence-electron chi connectivity index (χ2n) is 4.27. The molecular formula is C14H21NO4S2. The van der Waals surface area contributed by atoms with Gasteiger partial charge in [-0.1, -0.05) is 6.07 Å². The van der Waals surface area contributed by atoms with Gasteiger partial charge in [0, 0.05) is 30.8 Å². The topological polar surface area (TPSA) is 55.8 Å². The van der Waals surface area contributed by atoms with Gasteiger partial charge in [-0.05, 0) is 11.4 Å². The molecule has 118 valence electrons. The summed E-state index contributed by atoms with van der Waals surface area (Å²) in [6.45, 7) is 1.32. The molecule has 0 saturated carbocycles. The number of thiophene rings is 1. The van der Waals surface area contributed by atoms with E-state index < -0.39 is 0 Å². The molecule has 0 aliphatic carbocycles. The molecule has 0 unspecified atom stereocenters. The van der Waals surface area contributed by atoms with Gasteiger partial charge in [0.25, 0.3) is 0 Å². The zero-order chi connectivity index (χ0) is 15.5. The Bertz CT molecular complexity index is 423. The highest BCUT2D eigenvalue weighted by Crippen LogP contribution is 2.17. The van der Waals surface area contributed by atoms with E-state index in [4.69, 9.17) is 4.74 Å². The Balaban J connectivity index is 2.36. The molecule has 1 rings (SSSR count). The molecule has 0 saturated heterocycles. The third-order valence-corrected chi connectivity index (χ3v) is 4.81. The van der Waals surface area contributed by atoms with Crippen LogP contribution in [0.15, 0.2) is 17.5 Å². The van der Waals surface area contributed by atoms with Crippen molar-refractivity contribution in [2.75, 3.05) is 39.7 Å². The number of methoxy groups -OCH3 is 2. The smallest absolute Gasteiger partial charge is 0.307 e. The maximum atomic E-state index is 12.2. The first-order valence-corrected chi connectivity index (χ1v) is 8.64. The number of amides is 1. The Morgan fingerprint density at radius 3 is 2.76 bits per heavy atom. The second-order valence-corrected chi connectivity index (χ2v) is 6.29. The van der Waals surface area contributed by atoms with Gasteiger partial charge in [-0.3, -0.25) is 9.59 Å². The van der Waals surface area contributed by atoms with Crippen molar-refractivity contribution >= 4 is 35.0 Å². The minimum absolute atomic E-state index is 0.0255. The van der Waals surface area contributed by atoms with E-state index >= 15 is 0 Å². The normalized spacial score (nSPS) is 10.4. The third kappa shape index (κ3) is 7.50. The van der Waals surface area contributed by atoms with E-state index in [-0.39, 0.29) is 18.3 Å². The van der Waals surface area contributed by atoms with Gasteiger partial charge in [0.2, 0.25) is 5.91 Å². The summed E-state index contributed by atoms with van der Waals surface area (Å²) in [6.07, 6.45) is 0.210. The van der Waals surface area contributed by atoms with Crippen molar-refractivity contribution in [3.63, 3.8) is 0 Å². The first-order valence-electron chi connectivity index (χ1n) is 6.61. The lowest BCUT2D eigenvalue weighted by molar-refractivity contribution is -0.141. The quantitative estimate of drug-likeness (QED) is 0.614. The number of hydrogen-bond acceptors (Lipinski definition) is 6. The van der Waals surface area contributed by atoms with Crippen LogP contribution in [0, 0.1) is 0 Å². The Kier molecular flexibility index (Phi) is 9.12. The van der Waals surface area contributed by atoms with E-state index in [2.05, 4.69) is 10.8 Å². The van der Waals surface area contributed by atoms with Crippen LogP contribution in [0.1, 0.15) is 11.3 Å². The third-order valence-electron chi connectivity index (χ3n) is 2.78. The number of thioether (sulfide) groups is 1. The molecule has 0 aliphatic heterocycles. The summed E-state index contributed by atoms with van der Waals surface area (Å²) in [6, 6.07) is 4.06. The van der Waals surface area contributed by atoms with Gasteiger partial charge in [0.15, 0.2) is 0 Å². The molecule has 0 spiro atoms. The van der Waals surface area contributed by atoms with Gasteiger partial charge < -0.3 is 14.4 Å². The first-order chi connectivity index (χ1) is 10.2. The molecule has 5 nitrogen and oxygen atoms in total. The number of esters is 1. The Morgan fingerprint density at radius 1 is 1.33 bits per heavy atom. The molecule has 0 aromatic carbocycles. The van der Waals surface area contributed by atoms with E-state index in [1.54, 1.807) is 35.1 Å². The molecule has 1 heterocycles. The van der Waals surface area contributed by atoms with Gasteiger partial charge in [-0.25, -0.2) is 0 Å². The highest BCUT2D eigenvalue weighted by Gasteiger charge is 2.15. The highest BCUT2D eigenvalue weighted by molar-refractivity contribution is 7.99. The van der Waals surface area contributed by atoms with E-state index in [0.29, 0.717) is 25.4 Å². The number of rotatable bonds is 10. The van der Waals surface area contributed by atoms with Crippen LogP contribution in [0.2, 0.25) is 0 Å². The van der Waals surface area contributed by atoms with Crippen LogP contribution in [-0.4, -0.2) is 56.4 Å². The number of carbonyl (C=O) groups excluding carboxylic acids is 2. The van der Waals surface area contributed by atoms with Crippen LogP contribution in [0.3, 0.4) is 0 Å². The van der Waals surface area contributed by atoms with E-state index in [9.17, 15) is 9.59 Å². The molecule has 1 aromatic rings. The summed E-state index contributed by atoms with van der Waals surface area (Å²) >= 11 is 3.27. The molecule has 0 bridgehead atoms. The molecule has 0 atom stereocenters. The maximum Gasteiger partial charge on any atom is 0.307 e. The lowest BCUT2D eigenvalue weighted by Crippen LogP contribution is -2.37. The molecule has 0 N–H and O–H groups in total. The summed E-state index contributed by atoms with van der Waals surface area (Å²) in [4.78, 5) is 26.3. The Hall–Kier alpha value is -1.05. The Labute approximate surface area is 133 Å². The first kappa shape index (κ1) is 18.0. The van der Waals surface area contributed by atoms with Crippen molar-refractivity contribution in [1.29, 1.82) is 0 Å². The predicted octanol–water partition coefficient (Wildman–Crippen LogP) is 2.02. The van der Waals surface area contributed by atoms with Crippen molar-refractivity contribution in [1.82, 2.24) is 4.90 Å². The SMILES string of the molecule is COCCN(CCC(=O)OC)C(=O)CSCc1cccs1. The van der Waals surface area contributed by atoms with E-state index in [1.807, 2.05) is 11.4 Å². The van der Waals surface area contributed by atoms with Gasteiger partial charge in [0.1, 0.15) is 0 Å². The van der Waals surface area contributed by atoms with Crippen LogP contribution >= 0.6 is 23.1 Å². The van der Waals surface area contributed by atoms with Gasteiger partial charge in [0.05, 0.1) is 25.9 Å². The maximum absolute atomic E-state index is 12.2. The predicted molar refractivity (Wildman–Crippen MR) is 85.6 cm³/mol. The monoisotopic (exact) mass is 331 g/mol. The fraction of sp³-hybridized carbons (Fsp3) is 0.571. The van der Waals surface area contributed by atoms with Crippen molar-refractivity contribution in [2.24, 2.45) is 0 Å². The molecule has 1 aromatic heterocycles. The molecule has 7 heteroatoms. The molecular weight excluding hydrogens is 310 g/mol. The number of ether oxygens (including phenoxy) is 2. The average molecular weight is 331 g/mol. The Morgan fingerprint density at radius 2 is 2.14 bits per heavy atom. The summed E-state index contributed by atoms with van der Waals surface area (Å²) in [5.41, 5.74) is 0. The van der Waals surface area contributed by atoms with E-state index in [0.717, 1.165) is 5.75 Å². The highest BCUT2D eigenvalue weighted by atomic mass is 32.2. The van der Waals surface area contributed by atoms with Crippen LogP contribution in [0.4, 0.5) is 0 Å². The van der Waals surface area contributed by atoms with Crippen molar-refractivity contribution in [2.45, 2.75) is 12.2 Å². The summed E-state index contributed by atoms with van der Waals surface area (Å²) in [5.74, 6) is 0.954. The largest absolute Gasteiger partial charge is 0.469 e. The molecule has 0 aliphatic rings. The zero-order valence-electron chi connectivity index (χ0n) is 12.4. The van der Waals surface area contributed by atoms with Crippen molar-refractivity contribution in [3.05, 3.63) is 22.4 Å². The average Bonchev–Trinajstić information content (AvgIpc) is 3.00. The summed E-state index contributed by atoms with van der Waals surface area (Å²) in [7, 11) is 2.94. The van der Waals surface area contributed by atoms with Crippen LogP contribution in [0.25, 0.3) is 0 Å². The van der Waals surface area contributed by atoms with Crippen LogP contribution < -0.4 is 0 Å². The number of carbonyl (C=O) groups is 2. The number of hydrogen-bond donors (Lipinski definition) is 0. The van der Waals surface area contributed by atoms with Crippen LogP contribution in [-0.2, 0) is 24.8 Å². The van der Waals surface area contributed by atoms with E-state index in [1.165, 1.54) is 12.0 Å². The van der Waals surface area contributed by atoms with Crippen molar-refractivity contribution < 1.29 is 19.1 Å². The summed E-state index contributed by atoms with van der Waals surface area (Å²) in [5, 5.41) is 2.03. The van der Waals surface area contributed by atoms with Crippen molar-refractivity contribution in [3.8, 4) is 0 Å². The fourth-order valence-corrected chi connectivity index (χ4v) is 3.38. The zero-order valence-corrected chi connectivity index (χ0v) is 14.0. The molecule has 21 heavy (non-hydrogen) atoms. The molecule has 0 radical (unpaired) electrons. The summed E-state index contributed by atoms with van der Waals surface area (Å²) < 4.78 is 9.61. The lowest BCUT2D eigenvalue weighted by Gasteiger charge is -2.21. The van der Waals surface area contributed by atoms with Gasteiger partial charge in [-0.2, -0.15) is 0 Å². The van der Waals surface area contributed by atoms with Gasteiger partial charge >= 0.3 is 5.97 Å². The molecule has 0 fully saturated rings. The minimum Gasteiger partial charge on any atom is -0.469 e. The second kappa shape index (κ2) is 10.6. The number of nitrogens with zero attached hydrogens (tertiary/aromatic N) is 1. The molecule has 1 amide bonds. The fourth-order valence-electron chi connectivity index (χ4n) is 1.62. The minimum atomic E-state index is -0.309. The van der Waals surface area contributed by atoms with Crippen LogP contribution in [0.5, 0.6) is 0 Å².